The molecule has 6 heteroatoms. The molecule has 0 amide bonds. The average Bonchev–Trinajstić information content (AvgIpc) is 2.79. The Labute approximate surface area is 118 Å². The van der Waals surface area contributed by atoms with E-state index in [2.05, 4.69) is 21.0 Å². The maximum Gasteiger partial charge on any atom is 0.173 e. The van der Waals surface area contributed by atoms with E-state index in [0.29, 0.717) is 12.0 Å². The van der Waals surface area contributed by atoms with Gasteiger partial charge in [0.2, 0.25) is 0 Å². The van der Waals surface area contributed by atoms with Gasteiger partial charge in [0.25, 0.3) is 0 Å². The van der Waals surface area contributed by atoms with Crippen LogP contribution in [0.15, 0.2) is 29.0 Å². The van der Waals surface area contributed by atoms with Crippen molar-refractivity contribution in [3.63, 3.8) is 0 Å². The van der Waals surface area contributed by atoms with Crippen LogP contribution in [0, 0.1) is 11.6 Å². The highest BCUT2D eigenvalue weighted by molar-refractivity contribution is 9.10. The Kier molecular flexibility index (Phi) is 4.31. The molecule has 0 spiro atoms. The standard InChI is InChI=1S/C13H14BrF2N3/c1-19-7-8(6-18-19)2-5-11(17)9-3-4-10(15)13(16)12(9)14/h3-4,6-7,11H,2,5,17H2,1H3. The molecule has 1 atom stereocenters. The molecule has 2 N–H and O–H groups in total. The van der Waals surface area contributed by atoms with Gasteiger partial charge in [0.05, 0.1) is 10.7 Å². The van der Waals surface area contributed by atoms with Crippen LogP contribution in [0.25, 0.3) is 0 Å². The van der Waals surface area contributed by atoms with Crippen molar-refractivity contribution in [2.75, 3.05) is 0 Å². The third-order valence-corrected chi connectivity index (χ3v) is 3.77. The summed E-state index contributed by atoms with van der Waals surface area (Å²) in [6.45, 7) is 0. The Hall–Kier alpha value is -1.27. The van der Waals surface area contributed by atoms with Gasteiger partial charge in [-0.3, -0.25) is 4.68 Å². The zero-order valence-corrected chi connectivity index (χ0v) is 12.0. The number of hydrogen-bond donors (Lipinski definition) is 1. The minimum absolute atomic E-state index is 0.103. The van der Waals surface area contributed by atoms with Crippen molar-refractivity contribution < 1.29 is 8.78 Å². The fraction of sp³-hybridized carbons (Fsp3) is 0.308. The number of benzene rings is 1. The Morgan fingerprint density at radius 3 is 2.79 bits per heavy atom. The van der Waals surface area contributed by atoms with Crippen molar-refractivity contribution in [1.29, 1.82) is 0 Å². The zero-order valence-electron chi connectivity index (χ0n) is 10.4. The van der Waals surface area contributed by atoms with E-state index in [1.807, 2.05) is 13.2 Å². The first-order valence-corrected chi connectivity index (χ1v) is 6.65. The molecule has 0 saturated heterocycles. The number of nitrogens with two attached hydrogens (primary N) is 1. The van der Waals surface area contributed by atoms with Crippen LogP contribution < -0.4 is 5.73 Å². The monoisotopic (exact) mass is 329 g/mol. The molecule has 0 saturated carbocycles. The predicted molar refractivity (Wildman–Crippen MR) is 72.5 cm³/mol. The molecular formula is C13H14BrF2N3. The molecule has 0 bridgehead atoms. The Morgan fingerprint density at radius 2 is 2.16 bits per heavy atom. The summed E-state index contributed by atoms with van der Waals surface area (Å²) in [7, 11) is 1.84. The Morgan fingerprint density at radius 1 is 1.42 bits per heavy atom. The second-order valence-electron chi connectivity index (χ2n) is 4.43. The smallest absolute Gasteiger partial charge is 0.173 e. The van der Waals surface area contributed by atoms with Crippen molar-refractivity contribution in [1.82, 2.24) is 9.78 Å². The van der Waals surface area contributed by atoms with E-state index < -0.39 is 11.6 Å². The van der Waals surface area contributed by atoms with Crippen molar-refractivity contribution >= 4 is 15.9 Å². The highest BCUT2D eigenvalue weighted by atomic mass is 79.9. The second-order valence-corrected chi connectivity index (χ2v) is 5.22. The maximum absolute atomic E-state index is 13.4. The normalized spacial score (nSPS) is 12.7. The molecule has 0 aliphatic carbocycles. The number of aryl methyl sites for hydroxylation is 2. The number of rotatable bonds is 4. The number of hydrogen-bond acceptors (Lipinski definition) is 2. The van der Waals surface area contributed by atoms with Gasteiger partial charge in [-0.15, -0.1) is 0 Å². The van der Waals surface area contributed by atoms with E-state index in [1.165, 1.54) is 6.07 Å². The van der Waals surface area contributed by atoms with Crippen LogP contribution >= 0.6 is 15.9 Å². The summed E-state index contributed by atoms with van der Waals surface area (Å²) in [6.07, 6.45) is 5.05. The van der Waals surface area contributed by atoms with Gasteiger partial charge in [0, 0.05) is 19.3 Å². The molecule has 1 aromatic heterocycles. The molecule has 2 rings (SSSR count). The molecule has 0 fully saturated rings. The third-order valence-electron chi connectivity index (χ3n) is 2.97. The largest absolute Gasteiger partial charge is 0.324 e. The van der Waals surface area contributed by atoms with Crippen LogP contribution in [0.3, 0.4) is 0 Å². The fourth-order valence-corrected chi connectivity index (χ4v) is 2.52. The second kappa shape index (κ2) is 5.79. The lowest BCUT2D eigenvalue weighted by Crippen LogP contribution is -2.13. The molecule has 1 heterocycles. The van der Waals surface area contributed by atoms with Gasteiger partial charge in [0.1, 0.15) is 0 Å². The summed E-state index contributed by atoms with van der Waals surface area (Å²) in [6, 6.07) is 2.25. The summed E-state index contributed by atoms with van der Waals surface area (Å²) in [5, 5.41) is 4.07. The lowest BCUT2D eigenvalue weighted by atomic mass is 10.0. The van der Waals surface area contributed by atoms with Crippen LogP contribution in [0.4, 0.5) is 8.78 Å². The van der Waals surface area contributed by atoms with Gasteiger partial charge in [0.15, 0.2) is 11.6 Å². The minimum atomic E-state index is -0.894. The topological polar surface area (TPSA) is 43.8 Å². The van der Waals surface area contributed by atoms with Gasteiger partial charge in [-0.2, -0.15) is 5.10 Å². The number of halogens is 3. The molecule has 0 radical (unpaired) electrons. The van der Waals surface area contributed by atoms with Crippen LogP contribution in [0.5, 0.6) is 0 Å². The molecule has 3 nitrogen and oxygen atoms in total. The van der Waals surface area contributed by atoms with Crippen molar-refractivity contribution in [3.05, 3.63) is 51.8 Å². The van der Waals surface area contributed by atoms with E-state index in [0.717, 1.165) is 18.1 Å². The maximum atomic E-state index is 13.4. The number of nitrogens with zero attached hydrogens (tertiary/aromatic N) is 2. The first kappa shape index (κ1) is 14.1. The van der Waals surface area contributed by atoms with Crippen LogP contribution in [-0.4, -0.2) is 9.78 Å². The first-order valence-electron chi connectivity index (χ1n) is 5.85. The first-order chi connectivity index (χ1) is 8.99. The Balaban J connectivity index is 2.08. The lowest BCUT2D eigenvalue weighted by Gasteiger charge is -2.14. The van der Waals surface area contributed by atoms with Crippen LogP contribution in [0.2, 0.25) is 0 Å². The van der Waals surface area contributed by atoms with Crippen molar-refractivity contribution in [2.24, 2.45) is 12.8 Å². The van der Waals surface area contributed by atoms with Crippen LogP contribution in [0.1, 0.15) is 23.6 Å². The van der Waals surface area contributed by atoms with Gasteiger partial charge < -0.3 is 5.73 Å². The molecule has 102 valence electrons. The van der Waals surface area contributed by atoms with E-state index in [-0.39, 0.29) is 10.5 Å². The van der Waals surface area contributed by atoms with Crippen molar-refractivity contribution in [2.45, 2.75) is 18.9 Å². The summed E-state index contributed by atoms with van der Waals surface area (Å²) in [4.78, 5) is 0. The number of aromatic nitrogens is 2. The SMILES string of the molecule is Cn1cc(CCC(N)c2ccc(F)c(F)c2Br)cn1. The van der Waals surface area contributed by atoms with E-state index in [9.17, 15) is 8.78 Å². The van der Waals surface area contributed by atoms with Gasteiger partial charge in [-0.1, -0.05) is 6.07 Å². The van der Waals surface area contributed by atoms with Crippen molar-refractivity contribution in [3.8, 4) is 0 Å². The lowest BCUT2D eigenvalue weighted by molar-refractivity contribution is 0.498. The minimum Gasteiger partial charge on any atom is -0.324 e. The highest BCUT2D eigenvalue weighted by Gasteiger charge is 2.16. The van der Waals surface area contributed by atoms with Gasteiger partial charge >= 0.3 is 0 Å². The summed E-state index contributed by atoms with van der Waals surface area (Å²) in [5.41, 5.74) is 7.66. The molecule has 1 unspecified atom stereocenters. The molecule has 1 aromatic carbocycles. The Bertz CT molecular complexity index is 583. The molecule has 0 aliphatic rings. The molecule has 0 aliphatic heterocycles. The molecular weight excluding hydrogens is 316 g/mol. The fourth-order valence-electron chi connectivity index (χ4n) is 1.91. The van der Waals surface area contributed by atoms with E-state index in [4.69, 9.17) is 5.73 Å². The highest BCUT2D eigenvalue weighted by Crippen LogP contribution is 2.28. The third kappa shape index (κ3) is 3.19. The molecule has 19 heavy (non-hydrogen) atoms. The van der Waals surface area contributed by atoms with Gasteiger partial charge in [-0.05, 0) is 46.0 Å². The predicted octanol–water partition coefficient (Wildman–Crippen LogP) is 3.09. The molecule has 2 aromatic rings. The quantitative estimate of drug-likeness (QED) is 0.876. The summed E-state index contributed by atoms with van der Waals surface area (Å²) in [5.74, 6) is -1.77. The summed E-state index contributed by atoms with van der Waals surface area (Å²) < 4.78 is 28.3. The summed E-state index contributed by atoms with van der Waals surface area (Å²) >= 11 is 3.05. The zero-order chi connectivity index (χ0) is 14.0. The van der Waals surface area contributed by atoms with Gasteiger partial charge in [-0.25, -0.2) is 8.78 Å². The average molecular weight is 330 g/mol. The van der Waals surface area contributed by atoms with E-state index in [1.54, 1.807) is 10.9 Å². The van der Waals surface area contributed by atoms with E-state index >= 15 is 0 Å². The van der Waals surface area contributed by atoms with Crippen LogP contribution in [-0.2, 0) is 13.5 Å².